The van der Waals surface area contributed by atoms with Crippen LogP contribution in [0.25, 0.3) is 22.3 Å². The molecule has 4 aromatic rings. The fourth-order valence-electron chi connectivity index (χ4n) is 9.49. The number of primary amides is 1. The molecule has 0 unspecified atom stereocenters. The summed E-state index contributed by atoms with van der Waals surface area (Å²) in [5.74, 6) is -8.22. The zero-order valence-electron chi connectivity index (χ0n) is 43.8. The van der Waals surface area contributed by atoms with Gasteiger partial charge >= 0.3 is 24.1 Å². The van der Waals surface area contributed by atoms with Crippen LogP contribution in [0.3, 0.4) is 0 Å². The molecule has 0 radical (unpaired) electrons. The summed E-state index contributed by atoms with van der Waals surface area (Å²) < 4.78 is 48.8. The van der Waals surface area contributed by atoms with Gasteiger partial charge in [-0.25, -0.2) is 28.1 Å². The van der Waals surface area contributed by atoms with Crippen molar-refractivity contribution in [2.24, 2.45) is 11.7 Å². The van der Waals surface area contributed by atoms with Crippen LogP contribution >= 0.6 is 15.9 Å². The number of fused-ring (bicyclic) bond motifs is 5. The van der Waals surface area contributed by atoms with Crippen LogP contribution in [-0.2, 0) is 73.1 Å². The number of alkyl carbamates (subject to hydrolysis) is 1. The molecule has 25 heteroatoms. The third-order valence-electron chi connectivity index (χ3n) is 13.8. The minimum atomic E-state index is -3.64. The van der Waals surface area contributed by atoms with E-state index in [1.54, 1.807) is 19.9 Å². The number of aromatic nitrogens is 2. The highest BCUT2D eigenvalue weighted by atomic mass is 79.9. The average Bonchev–Trinajstić information content (AvgIpc) is 4.20. The zero-order chi connectivity index (χ0) is 57.2. The predicted octanol–water partition coefficient (Wildman–Crippen LogP) is 5.46. The van der Waals surface area contributed by atoms with Gasteiger partial charge in [-0.3, -0.25) is 38.5 Å². The number of benzene rings is 2. The summed E-state index contributed by atoms with van der Waals surface area (Å²) in [6, 6.07) is 12.0. The Kier molecular flexibility index (Phi) is 19.2. The van der Waals surface area contributed by atoms with Crippen LogP contribution < -0.4 is 37.9 Å². The molecule has 3 atom stereocenters. The number of nitrogens with two attached hydrogens (primary N) is 1. The van der Waals surface area contributed by atoms with Crippen molar-refractivity contribution in [3.63, 3.8) is 0 Å². The van der Waals surface area contributed by atoms with Gasteiger partial charge in [0.2, 0.25) is 35.1 Å². The number of likely N-dealkylation sites (tertiary alicyclic amines) is 1. The topological polar surface area (TPSA) is 306 Å². The molecule has 8 amide bonds. The number of pyridine rings is 2. The van der Waals surface area contributed by atoms with Crippen LogP contribution in [0.15, 0.2) is 63.9 Å². The number of ether oxygens (including phenoxy) is 3. The van der Waals surface area contributed by atoms with Crippen LogP contribution in [0, 0.1) is 5.92 Å². The number of alkyl halides is 2. The van der Waals surface area contributed by atoms with Crippen LogP contribution in [-0.4, -0.2) is 106 Å². The number of unbranched alkanes of at least 4 members (excludes halogenated alkanes) is 2. The minimum Gasteiger partial charge on any atom is -0.457 e. The van der Waals surface area contributed by atoms with Gasteiger partial charge in [-0.05, 0) is 80.0 Å². The molecule has 0 spiro atoms. The number of urea groups is 1. The van der Waals surface area contributed by atoms with Crippen molar-refractivity contribution in [3.05, 3.63) is 91.7 Å². The number of imide groups is 1. The third kappa shape index (κ3) is 14.5. The van der Waals surface area contributed by atoms with Gasteiger partial charge in [0, 0.05) is 65.4 Å². The molecule has 22 nitrogen and oxygen atoms in total. The van der Waals surface area contributed by atoms with E-state index in [4.69, 9.17) is 24.9 Å². The molecule has 3 aliphatic rings. The molecule has 1 saturated heterocycles. The highest BCUT2D eigenvalue weighted by Crippen LogP contribution is 2.42. The summed E-state index contributed by atoms with van der Waals surface area (Å²) in [5.41, 5.74) is 5.74. The second-order valence-corrected chi connectivity index (χ2v) is 20.7. The van der Waals surface area contributed by atoms with Crippen molar-refractivity contribution in [3.8, 4) is 11.4 Å². The Hall–Kier alpha value is -7.83. The maximum Gasteiger partial charge on any atom is 0.407 e. The van der Waals surface area contributed by atoms with Crippen molar-refractivity contribution in [1.82, 2.24) is 35.7 Å². The molecule has 7 N–H and O–H groups in total. The summed E-state index contributed by atoms with van der Waals surface area (Å²) in [5, 5.41) is 13.4. The predicted molar refractivity (Wildman–Crippen MR) is 283 cm³/mol. The molecule has 7 rings (SSSR count). The minimum absolute atomic E-state index is 0.0598. The van der Waals surface area contributed by atoms with E-state index in [-0.39, 0.29) is 106 Å². The number of nitrogens with one attached hydrogen (secondary N) is 5. The first-order valence-electron chi connectivity index (χ1n) is 26.0. The van der Waals surface area contributed by atoms with E-state index in [1.807, 2.05) is 29.6 Å². The second kappa shape index (κ2) is 25.8. The van der Waals surface area contributed by atoms with Gasteiger partial charge in [-0.2, -0.15) is 0 Å². The van der Waals surface area contributed by atoms with E-state index in [2.05, 4.69) is 37.2 Å². The van der Waals surface area contributed by atoms with E-state index < -0.39 is 90.3 Å². The Labute approximate surface area is 460 Å². The molecular formula is C54H62BrF2N9O13. The largest absolute Gasteiger partial charge is 0.457 e. The lowest BCUT2D eigenvalue weighted by Gasteiger charge is -2.35. The van der Waals surface area contributed by atoms with Crippen LogP contribution in [0.5, 0.6) is 0 Å². The monoisotopic (exact) mass is 1160 g/mol. The van der Waals surface area contributed by atoms with E-state index in [0.29, 0.717) is 41.7 Å². The van der Waals surface area contributed by atoms with Crippen LogP contribution in [0.4, 0.5) is 24.1 Å². The first-order chi connectivity index (χ1) is 37.6. The van der Waals surface area contributed by atoms with Gasteiger partial charge in [0.15, 0.2) is 0 Å². The van der Waals surface area contributed by atoms with Crippen LogP contribution in [0.1, 0.15) is 114 Å². The molecule has 0 saturated carbocycles. The molecule has 79 heavy (non-hydrogen) atoms. The van der Waals surface area contributed by atoms with Gasteiger partial charge in [0.05, 0.1) is 42.0 Å². The molecule has 1 fully saturated rings. The number of anilines is 1. The Balaban J connectivity index is 0.874. The molecule has 2 aromatic carbocycles. The third-order valence-corrected chi connectivity index (χ3v) is 14.5. The number of nitrogens with zero attached hydrogens (tertiary/aromatic N) is 3. The SMILES string of the molecule is CC[C@@]1(OC(=O)CCC(F)(F)CNC(=O)OCc2ccc(NC(=O)[C@H](CCCNC(N)=O)NC(=O)[C@@H](NC(=O)CCCCCN3C(=O)CCC3=O)C(C)C)cc2)C(=O)OCc2c1cc1n(c2=O)Cc2cc3c(Br)cccc3nc2-1. The standard InChI is InChI=1S/C54H62BrF2N9O13/c1-4-54(36-25-40-46-32(24-34-37(55)10-8-11-38(34)62-46)26-66(40)49(73)35(36)28-77-50(54)74)79-44(70)20-21-53(56,57)29-60-52(76)78-27-31-14-16-33(17-15-31)61-47(71)39(12-9-22-59-51(58)75)63-48(72)45(30(2)3)64-41(67)13-6-5-7-23-65-42(68)18-19-43(65)69/h8,10-11,14-17,24-25,30,39,45H,4-7,9,12-13,18-23,26-29H2,1-3H3,(H,60,76)(H,61,71)(H,63,72)(H,64,67)(H3,58,59,75)/t39-,45-,54-/m0/s1. The number of cyclic esters (lactones) is 1. The molecule has 2 aromatic heterocycles. The van der Waals surface area contributed by atoms with Crippen molar-refractivity contribution < 1.29 is 66.1 Å². The van der Waals surface area contributed by atoms with Gasteiger partial charge in [-0.1, -0.05) is 61.3 Å². The van der Waals surface area contributed by atoms with Crippen molar-refractivity contribution in [1.29, 1.82) is 0 Å². The van der Waals surface area contributed by atoms with Crippen molar-refractivity contribution >= 4 is 86.1 Å². The lowest BCUT2D eigenvalue weighted by Crippen LogP contribution is -2.54. The summed E-state index contributed by atoms with van der Waals surface area (Å²) in [7, 11) is 0. The quantitative estimate of drug-likeness (QED) is 0.0183. The molecular weight excluding hydrogens is 1100 g/mol. The Bertz CT molecular complexity index is 3080. The fourth-order valence-corrected chi connectivity index (χ4v) is 9.96. The first kappa shape index (κ1) is 58.8. The Morgan fingerprint density at radius 3 is 2.34 bits per heavy atom. The van der Waals surface area contributed by atoms with Gasteiger partial charge < -0.3 is 51.1 Å². The van der Waals surface area contributed by atoms with Crippen molar-refractivity contribution in [2.45, 2.75) is 135 Å². The van der Waals surface area contributed by atoms with E-state index in [0.717, 1.165) is 15.4 Å². The number of carbonyl (C=O) groups is 9. The summed E-state index contributed by atoms with van der Waals surface area (Å²) in [6.07, 6.45) is -0.998. The molecule has 0 bridgehead atoms. The number of hydrogen-bond donors (Lipinski definition) is 6. The number of esters is 2. The highest BCUT2D eigenvalue weighted by molar-refractivity contribution is 9.10. The number of carbonyl (C=O) groups excluding carboxylic acids is 9. The van der Waals surface area contributed by atoms with E-state index in [9.17, 15) is 47.9 Å². The van der Waals surface area contributed by atoms with Crippen LogP contribution in [0.2, 0.25) is 0 Å². The molecule has 3 aliphatic heterocycles. The maximum absolute atomic E-state index is 15.2. The fraction of sp³-hybridized carbons (Fsp3) is 0.463. The average molecular weight is 1160 g/mol. The summed E-state index contributed by atoms with van der Waals surface area (Å²) >= 11 is 3.54. The Morgan fingerprint density at radius 2 is 1.65 bits per heavy atom. The van der Waals surface area contributed by atoms with Crippen molar-refractivity contribution in [2.75, 3.05) is 25.0 Å². The number of halogens is 3. The number of rotatable bonds is 25. The first-order valence-corrected chi connectivity index (χ1v) is 26.8. The summed E-state index contributed by atoms with van der Waals surface area (Å²) in [4.78, 5) is 134. The lowest BCUT2D eigenvalue weighted by molar-refractivity contribution is -0.190. The summed E-state index contributed by atoms with van der Waals surface area (Å²) in [6.45, 7) is 3.59. The smallest absolute Gasteiger partial charge is 0.407 e. The number of hydrogen-bond acceptors (Lipinski definition) is 14. The normalized spacial score (nSPS) is 16.3. The van der Waals surface area contributed by atoms with E-state index >= 15 is 8.78 Å². The molecule has 422 valence electrons. The second-order valence-electron chi connectivity index (χ2n) is 19.9. The molecule has 0 aliphatic carbocycles. The maximum atomic E-state index is 15.2. The van der Waals surface area contributed by atoms with Gasteiger partial charge in [-0.15, -0.1) is 0 Å². The lowest BCUT2D eigenvalue weighted by atomic mass is 9.85. The van der Waals surface area contributed by atoms with Gasteiger partial charge in [0.1, 0.15) is 25.3 Å². The Morgan fingerprint density at radius 1 is 0.911 bits per heavy atom. The van der Waals surface area contributed by atoms with Gasteiger partial charge in [0.25, 0.3) is 11.5 Å². The van der Waals surface area contributed by atoms with E-state index in [1.165, 1.54) is 40.7 Å². The zero-order valence-corrected chi connectivity index (χ0v) is 45.4. The molecule has 5 heterocycles. The number of amides is 8. The highest BCUT2D eigenvalue weighted by Gasteiger charge is 2.51.